The molecule has 7 heteroatoms. The lowest BCUT2D eigenvalue weighted by Gasteiger charge is -2.32. The summed E-state index contributed by atoms with van der Waals surface area (Å²) < 4.78 is 1.81. The lowest BCUT2D eigenvalue weighted by molar-refractivity contribution is 0.0697. The molecule has 0 unspecified atom stereocenters. The van der Waals surface area contributed by atoms with Crippen LogP contribution in [-0.2, 0) is 0 Å². The van der Waals surface area contributed by atoms with Gasteiger partial charge in [0.2, 0.25) is 5.56 Å². The smallest absolute Gasteiger partial charge is 0.326 e. The molecule has 1 aliphatic rings. The Morgan fingerprint density at radius 2 is 1.59 bits per heavy atom. The number of rotatable bonds is 2. The summed E-state index contributed by atoms with van der Waals surface area (Å²) in [6.45, 7) is 1.08. The van der Waals surface area contributed by atoms with Crippen molar-refractivity contribution in [3.63, 3.8) is 0 Å². The Kier molecular flexibility index (Phi) is 4.08. The standard InChI is InChI=1S/C22H20N4O3/c27-20-13-16(15-5-1-2-6-17(15)23-20)21(28)25-11-9-14(10-12-25)26-19-8-4-3-7-18(19)24-22(26)29/h1-8,13-14H,9-12H2,(H,23,27)(H,24,29). The number of benzene rings is 2. The second-order valence-corrected chi connectivity index (χ2v) is 7.43. The highest BCUT2D eigenvalue weighted by Crippen LogP contribution is 2.26. The average molecular weight is 388 g/mol. The molecule has 0 aliphatic carbocycles. The van der Waals surface area contributed by atoms with Gasteiger partial charge >= 0.3 is 5.69 Å². The first-order valence-electron chi connectivity index (χ1n) is 9.72. The fourth-order valence-electron chi connectivity index (χ4n) is 4.32. The van der Waals surface area contributed by atoms with Gasteiger partial charge in [-0.1, -0.05) is 30.3 Å². The molecule has 0 radical (unpaired) electrons. The summed E-state index contributed by atoms with van der Waals surface area (Å²) in [5.41, 5.74) is 2.40. The summed E-state index contributed by atoms with van der Waals surface area (Å²) in [7, 11) is 0. The van der Waals surface area contributed by atoms with Crippen LogP contribution < -0.4 is 11.2 Å². The van der Waals surface area contributed by atoms with Crippen LogP contribution in [-0.4, -0.2) is 38.4 Å². The molecule has 2 N–H and O–H groups in total. The summed E-state index contributed by atoms with van der Waals surface area (Å²) >= 11 is 0. The largest absolute Gasteiger partial charge is 0.338 e. The number of carbonyl (C=O) groups is 1. The van der Waals surface area contributed by atoms with Crippen LogP contribution in [0.3, 0.4) is 0 Å². The fourth-order valence-corrected chi connectivity index (χ4v) is 4.32. The number of likely N-dealkylation sites (tertiary alicyclic amines) is 1. The summed E-state index contributed by atoms with van der Waals surface area (Å²) in [6, 6.07) is 16.4. The van der Waals surface area contributed by atoms with Crippen molar-refractivity contribution < 1.29 is 4.79 Å². The normalized spacial score (nSPS) is 15.2. The Labute approximate surface area is 165 Å². The molecule has 5 rings (SSSR count). The van der Waals surface area contributed by atoms with Gasteiger partial charge in [-0.2, -0.15) is 0 Å². The number of hydrogen-bond donors (Lipinski definition) is 2. The van der Waals surface area contributed by atoms with Gasteiger partial charge in [0.05, 0.1) is 16.6 Å². The van der Waals surface area contributed by atoms with E-state index in [1.165, 1.54) is 6.07 Å². The van der Waals surface area contributed by atoms with Gasteiger partial charge in [0, 0.05) is 36.1 Å². The van der Waals surface area contributed by atoms with Crippen LogP contribution in [0.25, 0.3) is 21.9 Å². The van der Waals surface area contributed by atoms with Crippen LogP contribution in [0, 0.1) is 0 Å². The van der Waals surface area contributed by atoms with E-state index in [1.54, 1.807) is 15.5 Å². The fraction of sp³-hybridized carbons (Fsp3) is 0.227. The molecule has 0 atom stereocenters. The Bertz CT molecular complexity index is 1340. The number of carbonyl (C=O) groups excluding carboxylic acids is 1. The summed E-state index contributed by atoms with van der Waals surface area (Å²) in [6.07, 6.45) is 1.38. The van der Waals surface area contributed by atoms with Crippen molar-refractivity contribution in [2.24, 2.45) is 0 Å². The van der Waals surface area contributed by atoms with Crippen molar-refractivity contribution in [2.75, 3.05) is 13.1 Å². The summed E-state index contributed by atoms with van der Waals surface area (Å²) in [5, 5.41) is 0.743. The molecule has 7 nitrogen and oxygen atoms in total. The van der Waals surface area contributed by atoms with Gasteiger partial charge < -0.3 is 14.9 Å². The van der Waals surface area contributed by atoms with Crippen molar-refractivity contribution in [3.05, 3.63) is 81.0 Å². The molecule has 2 aromatic heterocycles. The second kappa shape index (κ2) is 6.77. The maximum atomic E-state index is 13.1. The second-order valence-electron chi connectivity index (χ2n) is 7.43. The molecule has 2 aromatic carbocycles. The predicted octanol–water partition coefficient (Wildman–Crippen LogP) is 2.65. The van der Waals surface area contributed by atoms with Crippen molar-refractivity contribution in [2.45, 2.75) is 18.9 Å². The zero-order valence-corrected chi connectivity index (χ0v) is 15.7. The van der Waals surface area contributed by atoms with Gasteiger partial charge in [0.25, 0.3) is 5.91 Å². The molecular formula is C22H20N4O3. The number of aromatic amines is 2. The van der Waals surface area contributed by atoms with Crippen LogP contribution >= 0.6 is 0 Å². The lowest BCUT2D eigenvalue weighted by atomic mass is 10.0. The molecule has 0 bridgehead atoms. The molecule has 0 spiro atoms. The van der Waals surface area contributed by atoms with Gasteiger partial charge in [-0.05, 0) is 31.0 Å². The molecule has 3 heterocycles. The SMILES string of the molecule is O=C(c1cc(=O)[nH]c2ccccc12)N1CCC(n2c(=O)[nH]c3ccccc32)CC1. The Hall–Kier alpha value is -3.61. The molecule has 0 saturated carbocycles. The van der Waals surface area contributed by atoms with E-state index < -0.39 is 0 Å². The number of hydrogen-bond acceptors (Lipinski definition) is 3. The number of fused-ring (bicyclic) bond motifs is 2. The number of nitrogens with one attached hydrogen (secondary N) is 2. The van der Waals surface area contributed by atoms with Gasteiger partial charge in [0.15, 0.2) is 0 Å². The first-order chi connectivity index (χ1) is 14.1. The molecular weight excluding hydrogens is 368 g/mol. The minimum absolute atomic E-state index is 0.0404. The molecule has 1 saturated heterocycles. The van der Waals surface area contributed by atoms with E-state index in [0.29, 0.717) is 37.0 Å². The van der Waals surface area contributed by atoms with Crippen LogP contribution in [0.1, 0.15) is 29.2 Å². The number of piperidine rings is 1. The van der Waals surface area contributed by atoms with E-state index in [2.05, 4.69) is 9.97 Å². The van der Waals surface area contributed by atoms with Gasteiger partial charge in [-0.3, -0.25) is 14.2 Å². The van der Waals surface area contributed by atoms with Gasteiger partial charge in [-0.25, -0.2) is 4.79 Å². The van der Waals surface area contributed by atoms with E-state index in [0.717, 1.165) is 16.4 Å². The third-order valence-corrected chi connectivity index (χ3v) is 5.72. The molecule has 1 amide bonds. The summed E-state index contributed by atoms with van der Waals surface area (Å²) in [5.74, 6) is -0.142. The average Bonchev–Trinajstić information content (AvgIpc) is 3.08. The number of H-pyrrole nitrogens is 2. The van der Waals surface area contributed by atoms with E-state index in [-0.39, 0.29) is 23.2 Å². The molecule has 146 valence electrons. The molecule has 4 aromatic rings. The minimum Gasteiger partial charge on any atom is -0.338 e. The number of imidazole rings is 1. The zero-order valence-electron chi connectivity index (χ0n) is 15.7. The Balaban J connectivity index is 1.41. The maximum Gasteiger partial charge on any atom is 0.326 e. The highest BCUT2D eigenvalue weighted by molar-refractivity contribution is 6.05. The number of amides is 1. The molecule has 29 heavy (non-hydrogen) atoms. The van der Waals surface area contributed by atoms with E-state index >= 15 is 0 Å². The number of nitrogens with zero attached hydrogens (tertiary/aromatic N) is 2. The van der Waals surface area contributed by atoms with Crippen LogP contribution in [0.4, 0.5) is 0 Å². The number of pyridine rings is 1. The third kappa shape index (κ3) is 2.95. The monoisotopic (exact) mass is 388 g/mol. The predicted molar refractivity (Wildman–Crippen MR) is 111 cm³/mol. The highest BCUT2D eigenvalue weighted by atomic mass is 16.2. The first-order valence-corrected chi connectivity index (χ1v) is 9.72. The van der Waals surface area contributed by atoms with Crippen molar-refractivity contribution in [1.82, 2.24) is 19.4 Å². The minimum atomic E-state index is -0.285. The Morgan fingerprint density at radius 1 is 0.897 bits per heavy atom. The molecule has 1 aliphatic heterocycles. The molecule has 1 fully saturated rings. The van der Waals surface area contributed by atoms with E-state index in [9.17, 15) is 14.4 Å². The third-order valence-electron chi connectivity index (χ3n) is 5.72. The van der Waals surface area contributed by atoms with Crippen molar-refractivity contribution >= 4 is 27.8 Å². The van der Waals surface area contributed by atoms with Crippen LogP contribution in [0.15, 0.2) is 64.2 Å². The topological polar surface area (TPSA) is 91.0 Å². The maximum absolute atomic E-state index is 13.1. The van der Waals surface area contributed by atoms with Crippen molar-refractivity contribution in [3.8, 4) is 0 Å². The van der Waals surface area contributed by atoms with Gasteiger partial charge in [0.1, 0.15) is 0 Å². The van der Waals surface area contributed by atoms with Crippen molar-refractivity contribution in [1.29, 1.82) is 0 Å². The first kappa shape index (κ1) is 17.5. The van der Waals surface area contributed by atoms with Crippen LogP contribution in [0.5, 0.6) is 0 Å². The zero-order chi connectivity index (χ0) is 20.0. The lowest BCUT2D eigenvalue weighted by Crippen LogP contribution is -2.40. The van der Waals surface area contributed by atoms with E-state index in [4.69, 9.17) is 0 Å². The summed E-state index contributed by atoms with van der Waals surface area (Å²) in [4.78, 5) is 45.0. The highest BCUT2D eigenvalue weighted by Gasteiger charge is 2.27. The Morgan fingerprint density at radius 3 is 2.38 bits per heavy atom. The van der Waals surface area contributed by atoms with E-state index in [1.807, 2.05) is 42.5 Å². The number of para-hydroxylation sites is 3. The van der Waals surface area contributed by atoms with Crippen LogP contribution in [0.2, 0.25) is 0 Å². The quantitative estimate of drug-likeness (QED) is 0.553. The van der Waals surface area contributed by atoms with Gasteiger partial charge in [-0.15, -0.1) is 0 Å². The number of aromatic nitrogens is 3.